The van der Waals surface area contributed by atoms with E-state index in [1.807, 2.05) is 26.8 Å². The van der Waals surface area contributed by atoms with Crippen LogP contribution in [0.25, 0.3) is 0 Å². The number of benzene rings is 2. The molecule has 2 aromatic carbocycles. The summed E-state index contributed by atoms with van der Waals surface area (Å²) in [4.78, 5) is 11.9. The Balaban J connectivity index is 2.31. The molecule has 2 rings (SSSR count). The molecule has 0 bridgehead atoms. The first-order valence-electron chi connectivity index (χ1n) is 10.5. The first-order chi connectivity index (χ1) is 13.4. The molecule has 0 aromatic heterocycles. The average molecular weight is 397 g/mol. The maximum absolute atomic E-state index is 11.9. The lowest BCUT2D eigenvalue weighted by molar-refractivity contribution is -0.137. The molecular weight excluding hydrogens is 360 g/mol. The highest BCUT2D eigenvalue weighted by Crippen LogP contribution is 2.36. The van der Waals surface area contributed by atoms with Crippen molar-refractivity contribution >= 4 is 5.97 Å². The minimum absolute atomic E-state index is 0.146. The van der Waals surface area contributed by atoms with Gasteiger partial charge in [0.2, 0.25) is 0 Å². The molecule has 29 heavy (non-hydrogen) atoms. The second-order valence-electron chi connectivity index (χ2n) is 9.38. The van der Waals surface area contributed by atoms with Gasteiger partial charge in [0, 0.05) is 5.41 Å². The van der Waals surface area contributed by atoms with Crippen LogP contribution in [0.4, 0.5) is 0 Å². The van der Waals surface area contributed by atoms with Gasteiger partial charge >= 0.3 is 5.97 Å². The monoisotopic (exact) mass is 396 g/mol. The van der Waals surface area contributed by atoms with Crippen LogP contribution in [0.5, 0.6) is 11.5 Å². The highest BCUT2D eigenvalue weighted by atomic mass is 16.5. The van der Waals surface area contributed by atoms with Crippen LogP contribution in [0.2, 0.25) is 0 Å². The second-order valence-corrected chi connectivity index (χ2v) is 9.38. The van der Waals surface area contributed by atoms with Crippen LogP contribution in [0.3, 0.4) is 0 Å². The summed E-state index contributed by atoms with van der Waals surface area (Å²) in [5.41, 5.74) is 4.14. The topological polar surface area (TPSA) is 35.5 Å². The third-order valence-corrected chi connectivity index (χ3v) is 5.71. The van der Waals surface area contributed by atoms with Gasteiger partial charge in [-0.1, -0.05) is 58.9 Å². The first-order valence-corrected chi connectivity index (χ1v) is 10.5. The minimum Gasteiger partial charge on any atom is -0.488 e. The molecule has 0 aliphatic rings. The van der Waals surface area contributed by atoms with E-state index in [2.05, 4.69) is 71.9 Å². The Labute approximate surface area is 176 Å². The Morgan fingerprint density at radius 1 is 0.897 bits per heavy atom. The predicted octanol–water partition coefficient (Wildman–Crippen LogP) is 6.76. The maximum atomic E-state index is 11.9. The molecule has 0 unspecified atom stereocenters. The lowest BCUT2D eigenvalue weighted by Gasteiger charge is -2.29. The average Bonchev–Trinajstić information content (AvgIpc) is 2.64. The van der Waals surface area contributed by atoms with Crippen molar-refractivity contribution in [1.82, 2.24) is 0 Å². The zero-order valence-corrected chi connectivity index (χ0v) is 19.5. The number of hydrogen-bond donors (Lipinski definition) is 0. The molecule has 0 spiro atoms. The van der Waals surface area contributed by atoms with Gasteiger partial charge in [-0.3, -0.25) is 4.79 Å². The van der Waals surface area contributed by atoms with Crippen molar-refractivity contribution in [1.29, 1.82) is 0 Å². The maximum Gasteiger partial charge on any atom is 0.313 e. The van der Waals surface area contributed by atoms with Crippen LogP contribution in [-0.2, 0) is 10.2 Å². The molecule has 0 aliphatic carbocycles. The molecule has 0 atom stereocenters. The summed E-state index contributed by atoms with van der Waals surface area (Å²) in [5, 5.41) is 0. The Morgan fingerprint density at radius 2 is 1.38 bits per heavy atom. The molecular formula is C26H36O3. The quantitative estimate of drug-likeness (QED) is 0.383. The van der Waals surface area contributed by atoms with Gasteiger partial charge in [0.1, 0.15) is 17.1 Å². The van der Waals surface area contributed by atoms with Gasteiger partial charge in [-0.2, -0.15) is 0 Å². The SMILES string of the molecule is CCC(C)(C)Oc1ccc(C(C)(C)c2ccc(OC(=O)C(C)C)c(C)c2)cc1C. The number of aryl methyl sites for hydroxylation is 2. The van der Waals surface area contributed by atoms with Crippen molar-refractivity contribution in [2.75, 3.05) is 0 Å². The summed E-state index contributed by atoms with van der Waals surface area (Å²) in [7, 11) is 0. The summed E-state index contributed by atoms with van der Waals surface area (Å²) in [5.74, 6) is 1.21. The number of hydrogen-bond acceptors (Lipinski definition) is 3. The van der Waals surface area contributed by atoms with E-state index in [1.165, 1.54) is 11.1 Å². The summed E-state index contributed by atoms with van der Waals surface area (Å²) >= 11 is 0. The zero-order chi connectivity index (χ0) is 22.0. The van der Waals surface area contributed by atoms with Gasteiger partial charge in [0.05, 0.1) is 5.92 Å². The number of carbonyl (C=O) groups excluding carboxylic acids is 1. The van der Waals surface area contributed by atoms with Crippen molar-refractivity contribution in [2.45, 2.75) is 79.8 Å². The lowest BCUT2D eigenvalue weighted by Crippen LogP contribution is -2.27. The fourth-order valence-electron chi connectivity index (χ4n) is 3.07. The van der Waals surface area contributed by atoms with Crippen LogP contribution in [0.1, 0.15) is 77.1 Å². The first kappa shape index (κ1) is 23.0. The van der Waals surface area contributed by atoms with Crippen LogP contribution in [-0.4, -0.2) is 11.6 Å². The highest BCUT2D eigenvalue weighted by Gasteiger charge is 2.26. The fourth-order valence-corrected chi connectivity index (χ4v) is 3.07. The number of carbonyl (C=O) groups is 1. The molecule has 2 aromatic rings. The van der Waals surface area contributed by atoms with Crippen molar-refractivity contribution in [2.24, 2.45) is 5.92 Å². The molecule has 0 fully saturated rings. The molecule has 0 N–H and O–H groups in total. The van der Waals surface area contributed by atoms with Gasteiger partial charge in [-0.25, -0.2) is 0 Å². The van der Waals surface area contributed by atoms with E-state index < -0.39 is 0 Å². The van der Waals surface area contributed by atoms with E-state index in [0.717, 1.165) is 23.3 Å². The second kappa shape index (κ2) is 8.61. The van der Waals surface area contributed by atoms with Gasteiger partial charge in [-0.05, 0) is 68.5 Å². The predicted molar refractivity (Wildman–Crippen MR) is 120 cm³/mol. The van der Waals surface area contributed by atoms with E-state index >= 15 is 0 Å². The smallest absolute Gasteiger partial charge is 0.313 e. The van der Waals surface area contributed by atoms with E-state index in [9.17, 15) is 4.79 Å². The van der Waals surface area contributed by atoms with Crippen LogP contribution >= 0.6 is 0 Å². The Hall–Kier alpha value is -2.29. The summed E-state index contributed by atoms with van der Waals surface area (Å²) < 4.78 is 11.7. The van der Waals surface area contributed by atoms with Crippen LogP contribution < -0.4 is 9.47 Å². The summed E-state index contributed by atoms with van der Waals surface area (Å²) in [6, 6.07) is 12.5. The standard InChI is InChI=1S/C26H36O3/c1-10-25(6,7)29-23-14-12-21(16-19(23)5)26(8,9)20-11-13-22(18(4)15-20)28-24(27)17(2)3/h11-17H,10H2,1-9H3. The normalized spacial score (nSPS) is 12.2. The van der Waals surface area contributed by atoms with Gasteiger partial charge in [0.25, 0.3) is 0 Å². The molecule has 3 heteroatoms. The minimum atomic E-state index is -0.207. The molecule has 3 nitrogen and oxygen atoms in total. The van der Waals surface area contributed by atoms with E-state index in [-0.39, 0.29) is 22.9 Å². The van der Waals surface area contributed by atoms with Crippen molar-refractivity contribution < 1.29 is 14.3 Å². The third-order valence-electron chi connectivity index (χ3n) is 5.71. The molecule has 0 saturated heterocycles. The Bertz CT molecular complexity index is 876. The molecule has 0 radical (unpaired) electrons. The van der Waals surface area contributed by atoms with Crippen LogP contribution in [0, 0.1) is 19.8 Å². The third kappa shape index (κ3) is 5.41. The molecule has 158 valence electrons. The summed E-state index contributed by atoms with van der Waals surface area (Å²) in [6.45, 7) is 18.6. The largest absolute Gasteiger partial charge is 0.488 e. The van der Waals surface area contributed by atoms with Crippen molar-refractivity contribution in [3.8, 4) is 11.5 Å². The van der Waals surface area contributed by atoms with Gasteiger partial charge in [-0.15, -0.1) is 0 Å². The van der Waals surface area contributed by atoms with E-state index in [0.29, 0.717) is 5.75 Å². The lowest BCUT2D eigenvalue weighted by atomic mass is 9.77. The van der Waals surface area contributed by atoms with E-state index in [4.69, 9.17) is 9.47 Å². The molecule has 0 saturated carbocycles. The Kier molecular flexibility index (Phi) is 6.82. The van der Waals surface area contributed by atoms with Crippen molar-refractivity contribution in [3.63, 3.8) is 0 Å². The van der Waals surface area contributed by atoms with Crippen LogP contribution in [0.15, 0.2) is 36.4 Å². The molecule has 0 heterocycles. The number of ether oxygens (including phenoxy) is 2. The molecule has 0 amide bonds. The highest BCUT2D eigenvalue weighted by molar-refractivity contribution is 5.74. The van der Waals surface area contributed by atoms with Gasteiger partial charge < -0.3 is 9.47 Å². The van der Waals surface area contributed by atoms with Crippen molar-refractivity contribution in [3.05, 3.63) is 58.7 Å². The summed E-state index contributed by atoms with van der Waals surface area (Å²) in [6.07, 6.45) is 0.951. The van der Waals surface area contributed by atoms with E-state index in [1.54, 1.807) is 0 Å². The van der Waals surface area contributed by atoms with Gasteiger partial charge in [0.15, 0.2) is 0 Å². The zero-order valence-electron chi connectivity index (χ0n) is 19.5. The fraction of sp³-hybridized carbons (Fsp3) is 0.500. The Morgan fingerprint density at radius 3 is 1.79 bits per heavy atom. The molecule has 0 aliphatic heterocycles. The number of esters is 1. The number of rotatable bonds is 7.